The number of nitrogens with zero attached hydrogens (tertiary/aromatic N) is 4. The molecular formula is C29H25N5O3S2. The Bertz CT molecular complexity index is 1900. The number of fused-ring (bicyclic) bond motifs is 2. The second-order valence-corrected chi connectivity index (χ2v) is 12.0. The van der Waals surface area contributed by atoms with Crippen LogP contribution >= 0.6 is 11.3 Å². The van der Waals surface area contributed by atoms with E-state index in [1.807, 2.05) is 76.6 Å². The molecule has 0 aliphatic carbocycles. The number of thiazole rings is 1. The fraction of sp³-hybridized carbons (Fsp3) is 0.138. The molecule has 6 rings (SSSR count). The number of imidazole rings is 1. The Hall–Kier alpha value is -4.28. The average Bonchev–Trinajstić information content (AvgIpc) is 3.57. The van der Waals surface area contributed by atoms with Crippen LogP contribution in [-0.4, -0.2) is 47.2 Å². The van der Waals surface area contributed by atoms with Crippen molar-refractivity contribution in [1.82, 2.24) is 19.4 Å². The Morgan fingerprint density at radius 2 is 1.85 bits per heavy atom. The van der Waals surface area contributed by atoms with Crippen LogP contribution in [-0.2, 0) is 9.84 Å². The minimum atomic E-state index is -3.41. The van der Waals surface area contributed by atoms with E-state index in [-0.39, 0.29) is 5.75 Å². The lowest BCUT2D eigenvalue weighted by atomic mass is 10.1. The molecular weight excluding hydrogens is 530 g/mol. The molecule has 196 valence electrons. The summed E-state index contributed by atoms with van der Waals surface area (Å²) < 4.78 is 33.3. The normalized spacial score (nSPS) is 11.7. The number of nitrogens with one attached hydrogen (secondary N) is 1. The van der Waals surface area contributed by atoms with Crippen LogP contribution in [0.2, 0.25) is 0 Å². The van der Waals surface area contributed by atoms with Gasteiger partial charge >= 0.3 is 0 Å². The highest BCUT2D eigenvalue weighted by Crippen LogP contribution is 2.34. The number of hydrogen-bond acceptors (Lipinski definition) is 8. The van der Waals surface area contributed by atoms with Gasteiger partial charge < -0.3 is 10.1 Å². The molecule has 3 aromatic carbocycles. The van der Waals surface area contributed by atoms with Crippen molar-refractivity contribution >= 4 is 42.9 Å². The van der Waals surface area contributed by atoms with Gasteiger partial charge in [0.1, 0.15) is 11.4 Å². The van der Waals surface area contributed by atoms with E-state index in [4.69, 9.17) is 14.7 Å². The molecule has 6 aromatic rings. The Kier molecular flexibility index (Phi) is 6.72. The van der Waals surface area contributed by atoms with E-state index in [1.165, 1.54) is 0 Å². The van der Waals surface area contributed by atoms with Crippen molar-refractivity contribution in [3.05, 3.63) is 90.6 Å². The number of ether oxygens (including phenoxy) is 1. The fourth-order valence-electron chi connectivity index (χ4n) is 4.52. The number of benzene rings is 3. The van der Waals surface area contributed by atoms with Gasteiger partial charge in [0.25, 0.3) is 0 Å². The van der Waals surface area contributed by atoms with Gasteiger partial charge in [-0.25, -0.2) is 23.4 Å². The molecule has 0 amide bonds. The number of sulfone groups is 1. The molecule has 3 aromatic heterocycles. The zero-order valence-electron chi connectivity index (χ0n) is 21.1. The Balaban J connectivity index is 1.19. The molecule has 0 bridgehead atoms. The second kappa shape index (κ2) is 10.5. The first-order valence-corrected chi connectivity index (χ1v) is 14.9. The molecule has 0 unspecified atom stereocenters. The number of rotatable bonds is 9. The van der Waals surface area contributed by atoms with Crippen LogP contribution < -0.4 is 10.1 Å². The highest BCUT2D eigenvalue weighted by Gasteiger charge is 2.19. The molecule has 0 aliphatic rings. The molecule has 8 nitrogen and oxygen atoms in total. The van der Waals surface area contributed by atoms with E-state index >= 15 is 0 Å². The van der Waals surface area contributed by atoms with Gasteiger partial charge in [-0.05, 0) is 47.5 Å². The lowest BCUT2D eigenvalue weighted by molar-refractivity contribution is 0.415. The van der Waals surface area contributed by atoms with Crippen molar-refractivity contribution in [2.24, 2.45) is 0 Å². The predicted molar refractivity (Wildman–Crippen MR) is 155 cm³/mol. The van der Waals surface area contributed by atoms with Crippen molar-refractivity contribution in [1.29, 1.82) is 0 Å². The van der Waals surface area contributed by atoms with Crippen molar-refractivity contribution in [2.75, 3.05) is 24.7 Å². The van der Waals surface area contributed by atoms with Crippen LogP contribution in [0, 0.1) is 0 Å². The van der Waals surface area contributed by atoms with Gasteiger partial charge in [0.15, 0.2) is 14.8 Å². The zero-order valence-corrected chi connectivity index (χ0v) is 22.7. The van der Waals surface area contributed by atoms with Gasteiger partial charge in [0.05, 0.1) is 29.1 Å². The summed E-state index contributed by atoms with van der Waals surface area (Å²) in [4.78, 5) is 15.1. The van der Waals surface area contributed by atoms with Crippen LogP contribution in [0.4, 0.5) is 5.95 Å². The van der Waals surface area contributed by atoms with E-state index in [2.05, 4.69) is 10.3 Å². The van der Waals surface area contributed by atoms with Crippen molar-refractivity contribution in [3.8, 4) is 28.4 Å². The van der Waals surface area contributed by atoms with Crippen molar-refractivity contribution in [2.45, 2.75) is 11.3 Å². The summed E-state index contributed by atoms with van der Waals surface area (Å²) >= 11 is 1.55. The molecule has 0 saturated heterocycles. The molecule has 0 fully saturated rings. The largest absolute Gasteiger partial charge is 0.497 e. The number of anilines is 1. The molecule has 0 radical (unpaired) electrons. The molecule has 3 heterocycles. The zero-order chi connectivity index (χ0) is 26.8. The van der Waals surface area contributed by atoms with E-state index < -0.39 is 9.84 Å². The first-order valence-electron chi connectivity index (χ1n) is 12.4. The highest BCUT2D eigenvalue weighted by atomic mass is 32.2. The Morgan fingerprint density at radius 3 is 2.72 bits per heavy atom. The molecule has 0 saturated carbocycles. The quantitative estimate of drug-likeness (QED) is 0.220. The minimum Gasteiger partial charge on any atom is -0.497 e. The van der Waals surface area contributed by atoms with Crippen LogP contribution in [0.5, 0.6) is 5.75 Å². The predicted octanol–water partition coefficient (Wildman–Crippen LogP) is 5.96. The summed E-state index contributed by atoms with van der Waals surface area (Å²) in [5.41, 5.74) is 3.28. The van der Waals surface area contributed by atoms with Gasteiger partial charge in [-0.2, -0.15) is 0 Å². The Morgan fingerprint density at radius 1 is 0.974 bits per heavy atom. The number of methoxy groups -OCH3 is 1. The highest BCUT2D eigenvalue weighted by molar-refractivity contribution is 7.91. The fourth-order valence-corrected chi connectivity index (χ4v) is 6.57. The second-order valence-electron chi connectivity index (χ2n) is 8.97. The number of aromatic nitrogens is 4. The number of hydrogen-bond donors (Lipinski definition) is 1. The summed E-state index contributed by atoms with van der Waals surface area (Å²) in [6, 6.07) is 22.6. The van der Waals surface area contributed by atoms with Gasteiger partial charge in [0.2, 0.25) is 5.95 Å². The summed E-state index contributed by atoms with van der Waals surface area (Å²) in [5.74, 6) is 1.20. The third kappa shape index (κ3) is 5.08. The van der Waals surface area contributed by atoms with Gasteiger partial charge in [-0.1, -0.05) is 42.5 Å². The van der Waals surface area contributed by atoms with Crippen molar-refractivity contribution in [3.63, 3.8) is 0 Å². The molecule has 10 heteroatoms. The monoisotopic (exact) mass is 555 g/mol. The smallest absolute Gasteiger partial charge is 0.223 e. The van der Waals surface area contributed by atoms with E-state index in [1.54, 1.807) is 36.8 Å². The SMILES string of the molecule is COc1cccc(-c2nc3sccn3c2-c2ccnc(NCCCS(=O)(=O)c3ccc4ccccc4c3)n2)c1. The maximum atomic E-state index is 12.9. The summed E-state index contributed by atoms with van der Waals surface area (Å²) in [5, 5.41) is 7.10. The molecule has 0 spiro atoms. The minimum absolute atomic E-state index is 0.0240. The van der Waals surface area contributed by atoms with Gasteiger partial charge in [-0.3, -0.25) is 4.40 Å². The maximum Gasteiger partial charge on any atom is 0.223 e. The average molecular weight is 556 g/mol. The molecule has 0 aliphatic heterocycles. The molecule has 39 heavy (non-hydrogen) atoms. The van der Waals surface area contributed by atoms with Crippen LogP contribution in [0.3, 0.4) is 0 Å². The molecule has 1 N–H and O–H groups in total. The summed E-state index contributed by atoms with van der Waals surface area (Å²) in [6.07, 6.45) is 4.08. The lowest BCUT2D eigenvalue weighted by Crippen LogP contribution is -2.13. The maximum absolute atomic E-state index is 12.9. The van der Waals surface area contributed by atoms with E-state index in [9.17, 15) is 8.42 Å². The summed E-state index contributed by atoms with van der Waals surface area (Å²) in [6.45, 7) is 0.416. The Labute approximate surface area is 229 Å². The molecule has 0 atom stereocenters. The van der Waals surface area contributed by atoms with Crippen molar-refractivity contribution < 1.29 is 13.2 Å². The van der Waals surface area contributed by atoms with E-state index in [0.717, 1.165) is 38.4 Å². The van der Waals surface area contributed by atoms with Gasteiger partial charge in [-0.15, -0.1) is 11.3 Å². The standard InChI is InChI=1S/C29H25N5O3S2/c1-37-23-9-4-8-22(18-23)26-27(34-15-16-38-29(34)33-26)25-12-14-31-28(32-25)30-13-5-17-39(35,36)24-11-10-20-6-2-3-7-21(20)19-24/h2-4,6-12,14-16,18-19H,5,13,17H2,1H3,(H,30,31,32). The van der Waals surface area contributed by atoms with Crippen LogP contribution in [0.25, 0.3) is 38.4 Å². The first kappa shape index (κ1) is 25.0. The topological polar surface area (TPSA) is 98.5 Å². The van der Waals surface area contributed by atoms with E-state index in [0.29, 0.717) is 29.5 Å². The lowest BCUT2D eigenvalue weighted by Gasteiger charge is -2.09. The third-order valence-electron chi connectivity index (χ3n) is 6.46. The summed E-state index contributed by atoms with van der Waals surface area (Å²) in [7, 11) is -1.77. The van der Waals surface area contributed by atoms with Gasteiger partial charge in [0, 0.05) is 29.9 Å². The van der Waals surface area contributed by atoms with Crippen LogP contribution in [0.15, 0.2) is 95.5 Å². The third-order valence-corrected chi connectivity index (χ3v) is 9.01. The first-order chi connectivity index (χ1) is 19.0. The van der Waals surface area contributed by atoms with Crippen LogP contribution in [0.1, 0.15) is 6.42 Å².